The molecule has 1 aliphatic heterocycles. The van der Waals surface area contributed by atoms with Crippen molar-refractivity contribution in [3.05, 3.63) is 46.7 Å². The molecule has 0 fully saturated rings. The fourth-order valence-electron chi connectivity index (χ4n) is 3.13. The fourth-order valence-corrected chi connectivity index (χ4v) is 3.13. The van der Waals surface area contributed by atoms with Gasteiger partial charge in [-0.2, -0.15) is 0 Å². The molecule has 2 rings (SSSR count). The molecule has 0 saturated carbocycles. The Kier molecular flexibility index (Phi) is 6.37. The third-order valence-electron chi connectivity index (χ3n) is 4.49. The average Bonchev–Trinajstić information content (AvgIpc) is 2.83. The number of rotatable bonds is 8. The molecule has 1 amide bonds. The summed E-state index contributed by atoms with van der Waals surface area (Å²) in [5.74, 6) is -0.796. The van der Waals surface area contributed by atoms with Gasteiger partial charge >= 0.3 is 0 Å². The molecule has 1 heterocycles. The van der Waals surface area contributed by atoms with Crippen LogP contribution in [0.1, 0.15) is 57.2 Å². The second-order valence-corrected chi connectivity index (χ2v) is 6.59. The molecule has 136 valence electrons. The van der Waals surface area contributed by atoms with Crippen molar-refractivity contribution in [2.45, 2.75) is 46.1 Å². The molecule has 0 spiro atoms. The van der Waals surface area contributed by atoms with Gasteiger partial charge in [0.25, 0.3) is 5.91 Å². The molecule has 25 heavy (non-hydrogen) atoms. The maximum Gasteiger partial charge on any atom is 0.290 e. The lowest BCUT2D eigenvalue weighted by Gasteiger charge is -2.27. The summed E-state index contributed by atoms with van der Waals surface area (Å²) in [6.45, 7) is 9.11. The quantitative estimate of drug-likeness (QED) is 0.732. The average molecular weight is 345 g/mol. The van der Waals surface area contributed by atoms with Gasteiger partial charge in [-0.05, 0) is 37.3 Å². The molecule has 0 bridgehead atoms. The maximum atomic E-state index is 12.5. The van der Waals surface area contributed by atoms with E-state index in [-0.39, 0.29) is 11.4 Å². The van der Waals surface area contributed by atoms with Crippen LogP contribution in [0.25, 0.3) is 0 Å². The number of nitrogens with zero attached hydrogens (tertiary/aromatic N) is 1. The number of benzene rings is 1. The lowest BCUT2D eigenvalue weighted by molar-refractivity contribution is -0.129. The van der Waals surface area contributed by atoms with Gasteiger partial charge in [-0.15, -0.1) is 0 Å². The van der Waals surface area contributed by atoms with E-state index in [1.54, 1.807) is 4.90 Å². The Labute approximate surface area is 149 Å². The first-order chi connectivity index (χ1) is 11.9. The van der Waals surface area contributed by atoms with Gasteiger partial charge in [-0.1, -0.05) is 38.1 Å². The summed E-state index contributed by atoms with van der Waals surface area (Å²) in [4.78, 5) is 26.1. The molecule has 5 heteroatoms. The monoisotopic (exact) mass is 345 g/mol. The van der Waals surface area contributed by atoms with E-state index in [9.17, 15) is 14.7 Å². The Morgan fingerprint density at radius 1 is 1.28 bits per heavy atom. The second-order valence-electron chi connectivity index (χ2n) is 6.59. The van der Waals surface area contributed by atoms with Crippen molar-refractivity contribution < 1.29 is 19.4 Å². The number of ether oxygens (including phenoxy) is 1. The van der Waals surface area contributed by atoms with Crippen LogP contribution in [0, 0.1) is 0 Å². The van der Waals surface area contributed by atoms with Crippen LogP contribution in [0.3, 0.4) is 0 Å². The highest BCUT2D eigenvalue weighted by atomic mass is 16.5. The standard InChI is InChI=1S/C20H27NO4/c1-5-25-12-6-11-21-18(17(14(4)22)19(23)20(21)24)16-9-7-15(8-10-16)13(2)3/h7-10,13,18,23H,5-6,11-12H2,1-4H3/t18-/m0/s1. The van der Waals surface area contributed by atoms with Gasteiger partial charge in [0, 0.05) is 19.8 Å². The van der Waals surface area contributed by atoms with Crippen LogP contribution in [0.4, 0.5) is 0 Å². The zero-order valence-corrected chi connectivity index (χ0v) is 15.4. The number of hydrogen-bond donors (Lipinski definition) is 1. The van der Waals surface area contributed by atoms with Crippen LogP contribution in [-0.4, -0.2) is 41.5 Å². The van der Waals surface area contributed by atoms with Crippen LogP contribution in [-0.2, 0) is 14.3 Å². The molecule has 5 nitrogen and oxygen atoms in total. The number of carbonyl (C=O) groups is 2. The Morgan fingerprint density at radius 3 is 2.44 bits per heavy atom. The van der Waals surface area contributed by atoms with Crippen molar-refractivity contribution in [2.24, 2.45) is 0 Å². The zero-order chi connectivity index (χ0) is 18.6. The van der Waals surface area contributed by atoms with E-state index in [0.29, 0.717) is 32.1 Å². The first-order valence-corrected chi connectivity index (χ1v) is 8.81. The minimum atomic E-state index is -0.534. The van der Waals surface area contributed by atoms with Gasteiger partial charge in [0.15, 0.2) is 11.5 Å². The van der Waals surface area contributed by atoms with Gasteiger partial charge in [0.2, 0.25) is 0 Å². The van der Waals surface area contributed by atoms with E-state index >= 15 is 0 Å². The fraction of sp³-hybridized carbons (Fsp3) is 0.500. The van der Waals surface area contributed by atoms with Gasteiger partial charge in [0.05, 0.1) is 11.6 Å². The van der Waals surface area contributed by atoms with Crippen molar-refractivity contribution in [1.29, 1.82) is 0 Å². The number of aliphatic hydroxyl groups is 1. The first-order valence-electron chi connectivity index (χ1n) is 8.81. The molecule has 1 N–H and O–H groups in total. The van der Waals surface area contributed by atoms with E-state index in [2.05, 4.69) is 13.8 Å². The minimum Gasteiger partial charge on any atom is -0.503 e. The lowest BCUT2D eigenvalue weighted by atomic mass is 9.94. The molecule has 1 aromatic rings. The molecule has 0 saturated heterocycles. The molecular formula is C20H27NO4. The second kappa shape index (κ2) is 8.30. The van der Waals surface area contributed by atoms with Crippen molar-refractivity contribution in [3.8, 4) is 0 Å². The predicted molar refractivity (Wildman–Crippen MR) is 96.4 cm³/mol. The summed E-state index contributed by atoms with van der Waals surface area (Å²) in [5.41, 5.74) is 2.20. The van der Waals surface area contributed by atoms with E-state index in [1.807, 2.05) is 31.2 Å². The van der Waals surface area contributed by atoms with Crippen LogP contribution < -0.4 is 0 Å². The smallest absolute Gasteiger partial charge is 0.290 e. The molecule has 1 aliphatic rings. The molecule has 1 atom stereocenters. The normalized spacial score (nSPS) is 17.7. The van der Waals surface area contributed by atoms with Crippen molar-refractivity contribution >= 4 is 11.7 Å². The van der Waals surface area contributed by atoms with Crippen LogP contribution in [0.15, 0.2) is 35.6 Å². The molecule has 1 aromatic carbocycles. The van der Waals surface area contributed by atoms with Gasteiger partial charge in [-0.25, -0.2) is 0 Å². The molecule has 0 unspecified atom stereocenters. The van der Waals surface area contributed by atoms with E-state index in [4.69, 9.17) is 4.74 Å². The summed E-state index contributed by atoms with van der Waals surface area (Å²) in [6, 6.07) is 7.36. The Hall–Kier alpha value is -2.14. The third kappa shape index (κ3) is 4.10. The molecule has 0 radical (unpaired) electrons. The number of amides is 1. The summed E-state index contributed by atoms with van der Waals surface area (Å²) in [6.07, 6.45) is 0.651. The van der Waals surface area contributed by atoms with Crippen molar-refractivity contribution in [3.63, 3.8) is 0 Å². The number of Topliss-reactive ketones (excluding diaryl/α,β-unsaturated/α-hetero) is 1. The van der Waals surface area contributed by atoms with Gasteiger partial charge in [0.1, 0.15) is 0 Å². The summed E-state index contributed by atoms with van der Waals surface area (Å²) in [5, 5.41) is 10.2. The van der Waals surface area contributed by atoms with Crippen molar-refractivity contribution in [1.82, 2.24) is 4.90 Å². The van der Waals surface area contributed by atoms with Gasteiger partial charge in [-0.3, -0.25) is 9.59 Å². The van der Waals surface area contributed by atoms with Crippen molar-refractivity contribution in [2.75, 3.05) is 19.8 Å². The van der Waals surface area contributed by atoms with Crippen LogP contribution in [0.2, 0.25) is 0 Å². The number of aliphatic hydroxyl groups excluding tert-OH is 1. The number of carbonyl (C=O) groups excluding carboxylic acids is 2. The largest absolute Gasteiger partial charge is 0.503 e. The highest BCUT2D eigenvalue weighted by molar-refractivity contribution is 6.08. The Balaban J connectivity index is 2.32. The lowest BCUT2D eigenvalue weighted by Crippen LogP contribution is -2.32. The topological polar surface area (TPSA) is 66.8 Å². The minimum absolute atomic E-state index is 0.179. The predicted octanol–water partition coefficient (Wildman–Crippen LogP) is 3.52. The van der Waals surface area contributed by atoms with Crippen LogP contribution in [0.5, 0.6) is 0 Å². The number of ketones is 1. The van der Waals surface area contributed by atoms with E-state index in [1.165, 1.54) is 12.5 Å². The third-order valence-corrected chi connectivity index (χ3v) is 4.49. The Morgan fingerprint density at radius 2 is 1.92 bits per heavy atom. The van der Waals surface area contributed by atoms with E-state index < -0.39 is 17.7 Å². The highest BCUT2D eigenvalue weighted by Crippen LogP contribution is 2.38. The van der Waals surface area contributed by atoms with E-state index in [0.717, 1.165) is 5.56 Å². The summed E-state index contributed by atoms with van der Waals surface area (Å²) < 4.78 is 5.33. The molecule has 0 aliphatic carbocycles. The molecule has 0 aromatic heterocycles. The zero-order valence-electron chi connectivity index (χ0n) is 15.4. The van der Waals surface area contributed by atoms with Gasteiger partial charge < -0.3 is 14.7 Å². The Bertz CT molecular complexity index is 661. The highest BCUT2D eigenvalue weighted by Gasteiger charge is 2.41. The molecular weight excluding hydrogens is 318 g/mol. The first kappa shape index (κ1) is 19.2. The number of hydrogen-bond acceptors (Lipinski definition) is 4. The summed E-state index contributed by atoms with van der Waals surface area (Å²) >= 11 is 0. The SMILES string of the molecule is CCOCCCN1C(=O)C(O)=C(C(C)=O)[C@@H]1c1ccc(C(C)C)cc1. The maximum absolute atomic E-state index is 12.5. The summed E-state index contributed by atoms with van der Waals surface area (Å²) in [7, 11) is 0. The van der Waals surface area contributed by atoms with Crippen LogP contribution >= 0.6 is 0 Å².